The first kappa shape index (κ1) is 21.5. The first-order valence-corrected chi connectivity index (χ1v) is 10.2. The van der Waals surface area contributed by atoms with Crippen LogP contribution >= 0.6 is 11.6 Å². The van der Waals surface area contributed by atoms with Crippen LogP contribution in [0.15, 0.2) is 18.3 Å². The number of aliphatic hydroxyl groups is 1. The Morgan fingerprint density at radius 3 is 2.55 bits per heavy atom. The van der Waals surface area contributed by atoms with Crippen molar-refractivity contribution >= 4 is 28.6 Å². The molecule has 2 heterocycles. The van der Waals surface area contributed by atoms with Crippen LogP contribution in [0.3, 0.4) is 0 Å². The molecular weight excluding hydrogens is 393 g/mol. The summed E-state index contributed by atoms with van der Waals surface area (Å²) in [5.74, 6) is 0.953. The topological polar surface area (TPSA) is 75.9 Å². The molecule has 0 saturated heterocycles. The van der Waals surface area contributed by atoms with E-state index in [4.69, 9.17) is 16.7 Å². The molecule has 1 aliphatic rings. The number of aromatic nitrogens is 4. The summed E-state index contributed by atoms with van der Waals surface area (Å²) in [6, 6.07) is 3.92. The molecule has 6 nitrogen and oxygen atoms in total. The highest BCUT2D eigenvalue weighted by molar-refractivity contribution is 6.33. The number of aliphatic hydroxyl groups excluding tert-OH is 1. The third-order valence-corrected chi connectivity index (χ3v) is 5.42. The highest BCUT2D eigenvalue weighted by Gasteiger charge is 2.19. The van der Waals surface area contributed by atoms with Crippen molar-refractivity contribution in [3.63, 3.8) is 0 Å². The van der Waals surface area contributed by atoms with Gasteiger partial charge in [-0.05, 0) is 45.7 Å². The molecule has 0 spiro atoms. The van der Waals surface area contributed by atoms with Crippen LogP contribution in [-0.4, -0.2) is 37.8 Å². The van der Waals surface area contributed by atoms with Crippen molar-refractivity contribution in [3.05, 3.63) is 35.0 Å². The lowest BCUT2D eigenvalue weighted by Gasteiger charge is -2.14. The van der Waals surface area contributed by atoms with E-state index in [0.29, 0.717) is 33.8 Å². The van der Waals surface area contributed by atoms with E-state index in [1.165, 1.54) is 18.9 Å². The fourth-order valence-electron chi connectivity index (χ4n) is 3.95. The number of rotatable bonds is 4. The summed E-state index contributed by atoms with van der Waals surface area (Å²) >= 11 is 6.36. The molecular formula is C21H27ClFN5O. The normalized spacial score (nSPS) is 14.3. The molecule has 1 aromatic carbocycles. The van der Waals surface area contributed by atoms with Crippen molar-refractivity contribution in [1.29, 1.82) is 0 Å². The molecule has 3 aromatic rings. The molecule has 0 unspecified atom stereocenters. The summed E-state index contributed by atoms with van der Waals surface area (Å²) < 4.78 is 16.8. The highest BCUT2D eigenvalue weighted by atomic mass is 35.5. The summed E-state index contributed by atoms with van der Waals surface area (Å²) in [4.78, 5) is 13.3. The Hall–Kier alpha value is -2.25. The van der Waals surface area contributed by atoms with Crippen LogP contribution in [0.4, 0.5) is 10.3 Å². The van der Waals surface area contributed by atoms with E-state index in [1.54, 1.807) is 6.20 Å². The molecule has 0 amide bonds. The molecule has 1 aliphatic carbocycles. The number of benzene rings is 1. The monoisotopic (exact) mass is 419 g/mol. The lowest BCUT2D eigenvalue weighted by atomic mass is 10.1. The Morgan fingerprint density at radius 1 is 1.21 bits per heavy atom. The first-order chi connectivity index (χ1) is 13.9. The Balaban J connectivity index is 0.00000117. The van der Waals surface area contributed by atoms with Gasteiger partial charge in [-0.15, -0.1) is 0 Å². The van der Waals surface area contributed by atoms with Gasteiger partial charge in [0, 0.05) is 24.8 Å². The maximum Gasteiger partial charge on any atom is 0.223 e. The Bertz CT molecular complexity index is 998. The van der Waals surface area contributed by atoms with Crippen molar-refractivity contribution in [2.45, 2.75) is 58.5 Å². The molecule has 0 bridgehead atoms. The largest absolute Gasteiger partial charge is 0.400 e. The number of imidazole rings is 1. The van der Waals surface area contributed by atoms with Crippen LogP contribution in [-0.2, 0) is 0 Å². The molecule has 0 aliphatic heterocycles. The van der Waals surface area contributed by atoms with E-state index in [9.17, 15) is 4.39 Å². The minimum absolute atomic E-state index is 0.171. The van der Waals surface area contributed by atoms with Crippen molar-refractivity contribution in [3.8, 4) is 11.3 Å². The number of aryl methyl sites for hydroxylation is 1. The first-order valence-electron chi connectivity index (χ1n) is 9.86. The summed E-state index contributed by atoms with van der Waals surface area (Å²) in [7, 11) is 1.00. The van der Waals surface area contributed by atoms with Gasteiger partial charge < -0.3 is 15.0 Å². The average molecular weight is 420 g/mol. The van der Waals surface area contributed by atoms with Crippen LogP contribution in [0, 0.1) is 12.7 Å². The average Bonchev–Trinajstić information content (AvgIpc) is 3.32. The zero-order chi connectivity index (χ0) is 21.1. The third-order valence-electron chi connectivity index (χ3n) is 5.15. The van der Waals surface area contributed by atoms with Gasteiger partial charge in [-0.1, -0.05) is 24.4 Å². The van der Waals surface area contributed by atoms with Crippen LogP contribution in [0.5, 0.6) is 0 Å². The Kier molecular flexibility index (Phi) is 6.70. The van der Waals surface area contributed by atoms with E-state index < -0.39 is 0 Å². The number of fused-ring (bicyclic) bond motifs is 1. The van der Waals surface area contributed by atoms with Crippen LogP contribution in [0.1, 0.15) is 51.4 Å². The summed E-state index contributed by atoms with van der Waals surface area (Å²) in [6.07, 6.45) is 6.26. The van der Waals surface area contributed by atoms with Crippen molar-refractivity contribution < 1.29 is 9.50 Å². The predicted octanol–water partition coefficient (Wildman–Crippen LogP) is 5.14. The van der Waals surface area contributed by atoms with E-state index in [2.05, 4.69) is 34.1 Å². The second-order valence-electron chi connectivity index (χ2n) is 7.46. The molecule has 4 rings (SSSR count). The second-order valence-corrected chi connectivity index (χ2v) is 7.87. The van der Waals surface area contributed by atoms with E-state index >= 15 is 0 Å². The molecule has 8 heteroatoms. The molecule has 1 fully saturated rings. The number of nitrogens with one attached hydrogen (secondary N) is 1. The summed E-state index contributed by atoms with van der Waals surface area (Å²) in [5, 5.41) is 10.8. The molecule has 2 N–H and O–H groups in total. The van der Waals surface area contributed by atoms with E-state index in [-0.39, 0.29) is 11.9 Å². The van der Waals surface area contributed by atoms with Gasteiger partial charge in [0.25, 0.3) is 0 Å². The lowest BCUT2D eigenvalue weighted by molar-refractivity contribution is 0.399. The fraction of sp³-hybridized carbons (Fsp3) is 0.476. The van der Waals surface area contributed by atoms with Crippen LogP contribution < -0.4 is 5.32 Å². The Labute approximate surface area is 175 Å². The van der Waals surface area contributed by atoms with Gasteiger partial charge in [-0.2, -0.15) is 0 Å². The van der Waals surface area contributed by atoms with Gasteiger partial charge in [-0.25, -0.2) is 19.3 Å². The van der Waals surface area contributed by atoms with Crippen molar-refractivity contribution in [2.75, 3.05) is 12.4 Å². The number of anilines is 1. The second kappa shape index (κ2) is 9.05. The van der Waals surface area contributed by atoms with Gasteiger partial charge in [0.15, 0.2) is 5.82 Å². The highest BCUT2D eigenvalue weighted by Crippen LogP contribution is 2.32. The maximum absolute atomic E-state index is 14.8. The molecule has 156 valence electrons. The molecule has 29 heavy (non-hydrogen) atoms. The van der Waals surface area contributed by atoms with E-state index in [0.717, 1.165) is 31.3 Å². The lowest BCUT2D eigenvalue weighted by Crippen LogP contribution is -2.16. The minimum Gasteiger partial charge on any atom is -0.400 e. The third kappa shape index (κ3) is 4.36. The zero-order valence-electron chi connectivity index (χ0n) is 17.2. The molecule has 0 atom stereocenters. The summed E-state index contributed by atoms with van der Waals surface area (Å²) in [5.41, 5.74) is 2.28. The van der Waals surface area contributed by atoms with Crippen LogP contribution in [0.2, 0.25) is 5.02 Å². The minimum atomic E-state index is -0.370. The number of halogens is 2. The molecule has 1 saturated carbocycles. The predicted molar refractivity (Wildman–Crippen MR) is 115 cm³/mol. The smallest absolute Gasteiger partial charge is 0.223 e. The van der Waals surface area contributed by atoms with E-state index in [1.807, 2.05) is 17.6 Å². The van der Waals surface area contributed by atoms with Gasteiger partial charge in [0.1, 0.15) is 11.3 Å². The standard InChI is InChI=1S/C20H23ClFN5.CH4O/c1-11(2)27-12(3)24-19-16(22)8-13(9-17(19)27)18-15(21)10-23-20(26-18)25-14-6-4-5-7-14;1-2/h8-11,14H,4-7H2,1-3H3,(H,23,25,26);2H,1H3. The van der Waals surface area contributed by atoms with Gasteiger partial charge in [0.05, 0.1) is 22.4 Å². The molecule has 2 aromatic heterocycles. The fourth-order valence-corrected chi connectivity index (χ4v) is 4.15. The molecule has 0 radical (unpaired) electrons. The van der Waals surface area contributed by atoms with Gasteiger partial charge >= 0.3 is 0 Å². The van der Waals surface area contributed by atoms with Crippen molar-refractivity contribution in [1.82, 2.24) is 19.5 Å². The number of hydrogen-bond acceptors (Lipinski definition) is 5. The number of nitrogens with zero attached hydrogens (tertiary/aromatic N) is 4. The zero-order valence-corrected chi connectivity index (χ0v) is 18.0. The van der Waals surface area contributed by atoms with Crippen LogP contribution in [0.25, 0.3) is 22.3 Å². The summed E-state index contributed by atoms with van der Waals surface area (Å²) in [6.45, 7) is 6.00. The number of hydrogen-bond donors (Lipinski definition) is 2. The Morgan fingerprint density at radius 2 is 1.90 bits per heavy atom. The van der Waals surface area contributed by atoms with Gasteiger partial charge in [-0.3, -0.25) is 0 Å². The SMILES string of the molecule is CO.Cc1nc2c(F)cc(-c3nc(NC4CCCC4)ncc3Cl)cc2n1C(C)C. The van der Waals surface area contributed by atoms with Gasteiger partial charge in [0.2, 0.25) is 5.95 Å². The maximum atomic E-state index is 14.8. The van der Waals surface area contributed by atoms with Crippen molar-refractivity contribution in [2.24, 2.45) is 0 Å². The quantitative estimate of drug-likeness (QED) is 0.612.